The summed E-state index contributed by atoms with van der Waals surface area (Å²) in [6.07, 6.45) is 4.11. The number of halogens is 2. The number of nitrogens with zero attached hydrogens (tertiary/aromatic N) is 6. The van der Waals surface area contributed by atoms with E-state index in [9.17, 15) is 22.3 Å². The number of sulfonamides is 1. The van der Waals surface area contributed by atoms with E-state index in [1.165, 1.54) is 19.8 Å². The molecule has 0 radical (unpaired) electrons. The van der Waals surface area contributed by atoms with Gasteiger partial charge in [0.25, 0.3) is 11.8 Å². The smallest absolute Gasteiger partial charge is 0.266 e. The molecule has 6 rings (SSSR count). The number of rotatable bonds is 8. The first-order valence-corrected chi connectivity index (χ1v) is 15.8. The number of anilines is 3. The molecule has 2 aromatic heterocycles. The van der Waals surface area contributed by atoms with E-state index in [4.69, 9.17) is 4.42 Å². The Hall–Kier alpha value is -3.39. The van der Waals surface area contributed by atoms with Gasteiger partial charge in [0, 0.05) is 44.7 Å². The van der Waals surface area contributed by atoms with Crippen molar-refractivity contribution in [3.05, 3.63) is 30.0 Å². The first-order chi connectivity index (χ1) is 20.0. The van der Waals surface area contributed by atoms with Crippen molar-refractivity contribution in [2.45, 2.75) is 63.5 Å². The predicted octanol–water partition coefficient (Wildman–Crippen LogP) is 4.24. The number of alkyl halides is 2. The Morgan fingerprint density at radius 2 is 1.64 bits per heavy atom. The van der Waals surface area contributed by atoms with E-state index in [0.29, 0.717) is 34.0 Å². The highest BCUT2D eigenvalue weighted by Gasteiger charge is 2.44. The molecule has 3 fully saturated rings. The van der Waals surface area contributed by atoms with Gasteiger partial charge in [-0.3, -0.25) is 4.72 Å². The van der Waals surface area contributed by atoms with Gasteiger partial charge in [0.1, 0.15) is 10.9 Å². The molecule has 3 aliphatic rings. The lowest BCUT2D eigenvalue weighted by Gasteiger charge is -2.35. The van der Waals surface area contributed by atoms with Gasteiger partial charge < -0.3 is 19.3 Å². The van der Waals surface area contributed by atoms with Gasteiger partial charge in [-0.25, -0.2) is 27.2 Å². The van der Waals surface area contributed by atoms with Crippen LogP contribution in [-0.4, -0.2) is 77.6 Å². The zero-order valence-electron chi connectivity index (χ0n) is 23.7. The second-order valence-corrected chi connectivity index (χ2v) is 13.9. The van der Waals surface area contributed by atoms with Crippen molar-refractivity contribution in [3.63, 3.8) is 0 Å². The molecule has 2 saturated heterocycles. The van der Waals surface area contributed by atoms with E-state index in [0.717, 1.165) is 31.6 Å². The third kappa shape index (κ3) is 5.91. The van der Waals surface area contributed by atoms with Crippen LogP contribution in [0.25, 0.3) is 23.0 Å². The Morgan fingerprint density at radius 3 is 2.31 bits per heavy atom. The van der Waals surface area contributed by atoms with Crippen molar-refractivity contribution in [1.29, 1.82) is 0 Å². The van der Waals surface area contributed by atoms with E-state index in [1.54, 1.807) is 36.1 Å². The van der Waals surface area contributed by atoms with Crippen molar-refractivity contribution < 1.29 is 26.7 Å². The van der Waals surface area contributed by atoms with Gasteiger partial charge >= 0.3 is 0 Å². The Morgan fingerprint density at radius 1 is 0.976 bits per heavy atom. The third-order valence-corrected chi connectivity index (χ3v) is 10.4. The molecule has 0 amide bonds. The standard InChI is InChI=1S/C28H35F2N7O4S/c1-18-15-22(32-26(31-18)37-13-9-28(29,30)10-14-37)25-34-33-24(41-25)21-4-3-20(35-42(39,40)19(2)17-38)16-23(21)36-11-7-27(5-6-27)8-12-36/h3-4,15-16,19,35,38H,5-14,17H2,1-2H3. The van der Waals surface area contributed by atoms with Crippen LogP contribution < -0.4 is 14.5 Å². The van der Waals surface area contributed by atoms with Gasteiger partial charge in [-0.15, -0.1) is 10.2 Å². The molecule has 42 heavy (non-hydrogen) atoms. The van der Waals surface area contributed by atoms with Gasteiger partial charge in [-0.05, 0) is 69.2 Å². The van der Waals surface area contributed by atoms with Gasteiger partial charge in [0.05, 0.1) is 23.5 Å². The molecule has 4 heterocycles. The molecule has 0 bridgehead atoms. The molecule has 1 unspecified atom stereocenters. The first kappa shape index (κ1) is 28.7. The number of aryl methyl sites for hydroxylation is 1. The van der Waals surface area contributed by atoms with E-state index in [2.05, 4.69) is 29.8 Å². The minimum absolute atomic E-state index is 0.151. The Bertz CT molecular complexity index is 1560. The monoisotopic (exact) mass is 603 g/mol. The lowest BCUT2D eigenvalue weighted by Crippen LogP contribution is -2.40. The third-order valence-electron chi connectivity index (χ3n) is 8.66. The number of nitrogens with one attached hydrogen (secondary N) is 1. The molecule has 2 N–H and O–H groups in total. The van der Waals surface area contributed by atoms with Gasteiger partial charge in [0.2, 0.25) is 21.9 Å². The van der Waals surface area contributed by atoms with Gasteiger partial charge in [-0.1, -0.05) is 0 Å². The zero-order chi connectivity index (χ0) is 29.7. The maximum atomic E-state index is 13.7. The van der Waals surface area contributed by atoms with Crippen LogP contribution in [0.15, 0.2) is 28.7 Å². The highest BCUT2D eigenvalue weighted by molar-refractivity contribution is 7.93. The lowest BCUT2D eigenvalue weighted by atomic mass is 9.93. The van der Waals surface area contributed by atoms with Gasteiger partial charge in [-0.2, -0.15) is 0 Å². The predicted molar refractivity (Wildman–Crippen MR) is 154 cm³/mol. The highest BCUT2D eigenvalue weighted by atomic mass is 32.2. The summed E-state index contributed by atoms with van der Waals surface area (Å²) in [4.78, 5) is 13.0. The molecule has 226 valence electrons. The quantitative estimate of drug-likeness (QED) is 0.385. The molecular weight excluding hydrogens is 568 g/mol. The SMILES string of the molecule is Cc1cc(-c2nnc(-c3ccc(NS(=O)(=O)C(C)CO)cc3N3CCC4(CC3)CC4)o2)nc(N2CCC(F)(F)CC2)n1. The van der Waals surface area contributed by atoms with Crippen LogP contribution in [-0.2, 0) is 10.0 Å². The van der Waals surface area contributed by atoms with E-state index in [-0.39, 0.29) is 37.7 Å². The van der Waals surface area contributed by atoms with E-state index >= 15 is 0 Å². The molecule has 11 nitrogen and oxygen atoms in total. The molecule has 3 aromatic rings. The minimum atomic E-state index is -3.78. The van der Waals surface area contributed by atoms with Crippen LogP contribution in [0.2, 0.25) is 0 Å². The summed E-state index contributed by atoms with van der Waals surface area (Å²) >= 11 is 0. The summed E-state index contributed by atoms with van der Waals surface area (Å²) in [5.74, 6) is -1.92. The molecule has 1 saturated carbocycles. The van der Waals surface area contributed by atoms with Crippen molar-refractivity contribution in [1.82, 2.24) is 20.2 Å². The molecule has 1 spiro atoms. The fourth-order valence-electron chi connectivity index (χ4n) is 5.57. The molecule has 1 atom stereocenters. The maximum Gasteiger partial charge on any atom is 0.266 e. The van der Waals surface area contributed by atoms with Crippen molar-refractivity contribution in [2.24, 2.45) is 5.41 Å². The average Bonchev–Trinajstić information content (AvgIpc) is 3.52. The summed E-state index contributed by atoms with van der Waals surface area (Å²) in [6, 6.07) is 6.86. The number of hydrogen-bond acceptors (Lipinski definition) is 10. The average molecular weight is 604 g/mol. The summed E-state index contributed by atoms with van der Waals surface area (Å²) in [5, 5.41) is 17.0. The Labute approximate surface area is 243 Å². The minimum Gasteiger partial charge on any atom is -0.415 e. The molecule has 14 heteroatoms. The number of aromatic nitrogens is 4. The normalized spacial score (nSPS) is 20.5. The van der Waals surface area contributed by atoms with Gasteiger partial charge in [0.15, 0.2) is 0 Å². The van der Waals surface area contributed by atoms with Crippen LogP contribution in [0.1, 0.15) is 51.1 Å². The summed E-state index contributed by atoms with van der Waals surface area (Å²) in [7, 11) is -3.78. The number of aliphatic hydroxyl groups excluding tert-OH is 1. The summed E-state index contributed by atoms with van der Waals surface area (Å²) in [5.41, 5.74) is 3.28. The van der Waals surface area contributed by atoms with Crippen LogP contribution in [0.3, 0.4) is 0 Å². The maximum absolute atomic E-state index is 13.7. The fraction of sp³-hybridized carbons (Fsp3) is 0.571. The topological polar surface area (TPSA) is 138 Å². The number of hydrogen-bond donors (Lipinski definition) is 2. The zero-order valence-corrected chi connectivity index (χ0v) is 24.5. The van der Waals surface area contributed by atoms with E-state index in [1.807, 2.05) is 0 Å². The Balaban J connectivity index is 1.31. The largest absolute Gasteiger partial charge is 0.415 e. The fourth-order valence-corrected chi connectivity index (χ4v) is 6.43. The lowest BCUT2D eigenvalue weighted by molar-refractivity contribution is -0.0222. The van der Waals surface area contributed by atoms with Crippen molar-refractivity contribution in [2.75, 3.05) is 47.3 Å². The van der Waals surface area contributed by atoms with Crippen LogP contribution in [0, 0.1) is 12.3 Å². The molecule has 1 aliphatic carbocycles. The second kappa shape index (κ2) is 10.7. The molecular formula is C28H35F2N7O4S. The van der Waals surface area contributed by atoms with Crippen LogP contribution >= 0.6 is 0 Å². The first-order valence-electron chi connectivity index (χ1n) is 14.3. The summed E-state index contributed by atoms with van der Waals surface area (Å²) in [6.45, 7) is 4.69. The van der Waals surface area contributed by atoms with Crippen LogP contribution in [0.5, 0.6) is 0 Å². The van der Waals surface area contributed by atoms with Crippen molar-refractivity contribution >= 4 is 27.3 Å². The number of benzene rings is 1. The number of piperidine rings is 2. The molecule has 1 aromatic carbocycles. The summed E-state index contributed by atoms with van der Waals surface area (Å²) < 4.78 is 61.4. The number of aliphatic hydroxyl groups is 1. The van der Waals surface area contributed by atoms with Crippen LogP contribution in [0.4, 0.5) is 26.1 Å². The van der Waals surface area contributed by atoms with Crippen molar-refractivity contribution in [3.8, 4) is 23.0 Å². The highest BCUT2D eigenvalue weighted by Crippen LogP contribution is 2.54. The molecule has 2 aliphatic heterocycles. The second-order valence-electron chi connectivity index (χ2n) is 11.8. The Kier molecular flexibility index (Phi) is 7.32. The van der Waals surface area contributed by atoms with E-state index < -0.39 is 27.8 Å².